The third-order valence-electron chi connectivity index (χ3n) is 4.12. The molecule has 0 saturated carbocycles. The van der Waals surface area contributed by atoms with Gasteiger partial charge >= 0.3 is 0 Å². The molecule has 0 aliphatic rings. The molecule has 0 spiro atoms. The highest BCUT2D eigenvalue weighted by Gasteiger charge is 2.09. The van der Waals surface area contributed by atoms with Crippen LogP contribution in [0.25, 0.3) is 0 Å². The van der Waals surface area contributed by atoms with E-state index >= 15 is 0 Å². The van der Waals surface area contributed by atoms with Gasteiger partial charge in [0.05, 0.1) is 0 Å². The van der Waals surface area contributed by atoms with Crippen LogP contribution in [-0.2, 0) is 12.2 Å². The highest BCUT2D eigenvalue weighted by atomic mass is 32.2. The van der Waals surface area contributed by atoms with Crippen LogP contribution in [0.5, 0.6) is 11.6 Å². The first-order chi connectivity index (χ1) is 12.5. The van der Waals surface area contributed by atoms with Crippen LogP contribution in [0.15, 0.2) is 53.7 Å². The number of thioether (sulfide) groups is 1. The maximum absolute atomic E-state index is 13.3. The van der Waals surface area contributed by atoms with E-state index in [1.807, 2.05) is 38.1 Å². The van der Waals surface area contributed by atoms with Crippen LogP contribution in [0, 0.1) is 19.7 Å². The number of ether oxygens (including phenoxy) is 1. The Bertz CT molecular complexity index is 914. The molecule has 2 aromatic carbocycles. The SMILES string of the molecule is CCc1cc(Oc2cccc(C)c2C)nc(SCc2cccc(F)c2)n1. The average molecular weight is 368 g/mol. The number of nitrogens with zero attached hydrogens (tertiary/aromatic N) is 2. The van der Waals surface area contributed by atoms with Crippen LogP contribution in [-0.4, -0.2) is 9.97 Å². The summed E-state index contributed by atoms with van der Waals surface area (Å²) < 4.78 is 19.3. The lowest BCUT2D eigenvalue weighted by Crippen LogP contribution is -1.98. The zero-order chi connectivity index (χ0) is 18.5. The third kappa shape index (κ3) is 4.61. The average Bonchev–Trinajstić information content (AvgIpc) is 2.64. The summed E-state index contributed by atoms with van der Waals surface area (Å²) in [6.45, 7) is 6.14. The lowest BCUT2D eigenvalue weighted by molar-refractivity contribution is 0.450. The van der Waals surface area contributed by atoms with Crippen LogP contribution in [0.2, 0.25) is 0 Å². The molecule has 0 bridgehead atoms. The molecule has 134 valence electrons. The molecule has 0 amide bonds. The minimum atomic E-state index is -0.231. The molecule has 0 radical (unpaired) electrons. The first-order valence-corrected chi connectivity index (χ1v) is 9.53. The van der Waals surface area contributed by atoms with E-state index in [2.05, 4.69) is 23.0 Å². The summed E-state index contributed by atoms with van der Waals surface area (Å²) in [5.74, 6) is 1.71. The van der Waals surface area contributed by atoms with Crippen LogP contribution >= 0.6 is 11.8 Å². The van der Waals surface area contributed by atoms with E-state index in [4.69, 9.17) is 4.74 Å². The Kier molecular flexibility index (Phi) is 5.89. The lowest BCUT2D eigenvalue weighted by atomic mass is 10.1. The van der Waals surface area contributed by atoms with Crippen LogP contribution in [0.1, 0.15) is 29.3 Å². The van der Waals surface area contributed by atoms with E-state index in [-0.39, 0.29) is 5.82 Å². The predicted molar refractivity (Wildman–Crippen MR) is 103 cm³/mol. The van der Waals surface area contributed by atoms with Gasteiger partial charge in [0.15, 0.2) is 5.16 Å². The van der Waals surface area contributed by atoms with E-state index in [1.54, 1.807) is 6.07 Å². The first-order valence-electron chi connectivity index (χ1n) is 8.54. The number of benzene rings is 2. The summed E-state index contributed by atoms with van der Waals surface area (Å²) >= 11 is 1.47. The Morgan fingerprint density at radius 1 is 1.04 bits per heavy atom. The van der Waals surface area contributed by atoms with Gasteiger partial charge in [-0.25, -0.2) is 9.37 Å². The molecule has 0 aliphatic heterocycles. The van der Waals surface area contributed by atoms with E-state index in [0.717, 1.165) is 29.0 Å². The molecular formula is C21H21FN2OS. The monoisotopic (exact) mass is 368 g/mol. The van der Waals surface area contributed by atoms with Crippen molar-refractivity contribution in [2.45, 2.75) is 38.1 Å². The van der Waals surface area contributed by atoms with Gasteiger partial charge in [0.2, 0.25) is 5.88 Å². The minimum absolute atomic E-state index is 0.231. The van der Waals surface area contributed by atoms with Crippen molar-refractivity contribution < 1.29 is 9.13 Å². The third-order valence-corrected chi connectivity index (χ3v) is 5.04. The second-order valence-electron chi connectivity index (χ2n) is 6.05. The van der Waals surface area contributed by atoms with Gasteiger partial charge in [0.25, 0.3) is 0 Å². The number of hydrogen-bond donors (Lipinski definition) is 0. The fourth-order valence-corrected chi connectivity index (χ4v) is 3.28. The lowest BCUT2D eigenvalue weighted by Gasteiger charge is -2.11. The second-order valence-corrected chi connectivity index (χ2v) is 6.99. The van der Waals surface area contributed by atoms with Gasteiger partial charge in [-0.05, 0) is 55.2 Å². The van der Waals surface area contributed by atoms with Gasteiger partial charge in [-0.3, -0.25) is 0 Å². The molecule has 5 heteroatoms. The summed E-state index contributed by atoms with van der Waals surface area (Å²) in [6, 6.07) is 14.4. The van der Waals surface area contributed by atoms with E-state index in [9.17, 15) is 4.39 Å². The fourth-order valence-electron chi connectivity index (χ4n) is 2.47. The Labute approximate surface area is 157 Å². The topological polar surface area (TPSA) is 35.0 Å². The van der Waals surface area contributed by atoms with Crippen molar-refractivity contribution in [1.29, 1.82) is 0 Å². The first kappa shape index (κ1) is 18.4. The van der Waals surface area contributed by atoms with Crippen LogP contribution in [0.4, 0.5) is 4.39 Å². The molecule has 0 unspecified atom stereocenters. The predicted octanol–water partition coefficient (Wildman–Crippen LogP) is 5.88. The zero-order valence-electron chi connectivity index (χ0n) is 15.1. The molecule has 0 saturated heterocycles. The van der Waals surface area contributed by atoms with Gasteiger partial charge in [0.1, 0.15) is 11.6 Å². The number of aryl methyl sites for hydroxylation is 2. The molecular weight excluding hydrogens is 347 g/mol. The second kappa shape index (κ2) is 8.32. The summed E-state index contributed by atoms with van der Waals surface area (Å²) in [5, 5.41) is 0.633. The largest absolute Gasteiger partial charge is 0.439 e. The van der Waals surface area contributed by atoms with Crippen molar-refractivity contribution in [3.63, 3.8) is 0 Å². The van der Waals surface area contributed by atoms with Crippen molar-refractivity contribution in [2.24, 2.45) is 0 Å². The van der Waals surface area contributed by atoms with E-state index in [0.29, 0.717) is 16.8 Å². The molecule has 1 aromatic heterocycles. The summed E-state index contributed by atoms with van der Waals surface area (Å²) in [4.78, 5) is 9.07. The molecule has 26 heavy (non-hydrogen) atoms. The van der Waals surface area contributed by atoms with Crippen molar-refractivity contribution in [2.75, 3.05) is 0 Å². The van der Waals surface area contributed by atoms with Gasteiger partial charge in [-0.15, -0.1) is 0 Å². The van der Waals surface area contributed by atoms with Crippen LogP contribution < -0.4 is 4.74 Å². The summed E-state index contributed by atoms with van der Waals surface area (Å²) in [5.41, 5.74) is 4.09. The molecule has 3 nitrogen and oxygen atoms in total. The maximum atomic E-state index is 13.3. The Morgan fingerprint density at radius 3 is 2.62 bits per heavy atom. The van der Waals surface area contributed by atoms with Crippen LogP contribution in [0.3, 0.4) is 0 Å². The smallest absolute Gasteiger partial charge is 0.223 e. The van der Waals surface area contributed by atoms with Crippen molar-refractivity contribution in [3.05, 3.63) is 76.7 Å². The number of rotatable bonds is 6. The van der Waals surface area contributed by atoms with Gasteiger partial charge < -0.3 is 4.74 Å². The molecule has 1 heterocycles. The number of aromatic nitrogens is 2. The fraction of sp³-hybridized carbons (Fsp3) is 0.238. The minimum Gasteiger partial charge on any atom is -0.439 e. The van der Waals surface area contributed by atoms with Crippen molar-refractivity contribution in [3.8, 4) is 11.6 Å². The molecule has 0 N–H and O–H groups in total. The van der Waals surface area contributed by atoms with E-state index < -0.39 is 0 Å². The Balaban J connectivity index is 1.81. The normalized spacial score (nSPS) is 10.8. The summed E-state index contributed by atoms with van der Waals surface area (Å²) in [6.07, 6.45) is 0.791. The highest BCUT2D eigenvalue weighted by molar-refractivity contribution is 7.98. The van der Waals surface area contributed by atoms with Gasteiger partial charge in [-0.1, -0.05) is 43.0 Å². The van der Waals surface area contributed by atoms with Crippen molar-refractivity contribution in [1.82, 2.24) is 9.97 Å². The Hall–Kier alpha value is -2.40. The molecule has 3 aromatic rings. The number of hydrogen-bond acceptors (Lipinski definition) is 4. The van der Waals surface area contributed by atoms with Gasteiger partial charge in [0, 0.05) is 17.5 Å². The number of halogens is 1. The maximum Gasteiger partial charge on any atom is 0.223 e. The van der Waals surface area contributed by atoms with E-state index in [1.165, 1.54) is 29.5 Å². The molecule has 0 atom stereocenters. The highest BCUT2D eigenvalue weighted by Crippen LogP contribution is 2.28. The Morgan fingerprint density at radius 2 is 1.85 bits per heavy atom. The zero-order valence-corrected chi connectivity index (χ0v) is 15.9. The quantitative estimate of drug-likeness (QED) is 0.402. The standard InChI is InChI=1S/C21H21FN2OS/c1-4-18-12-20(25-19-10-5-7-14(2)15(19)3)24-21(23-18)26-13-16-8-6-9-17(22)11-16/h5-12H,4,13H2,1-3H3. The molecule has 3 rings (SSSR count). The summed E-state index contributed by atoms with van der Waals surface area (Å²) in [7, 11) is 0. The van der Waals surface area contributed by atoms with Crippen molar-refractivity contribution >= 4 is 11.8 Å². The molecule has 0 fully saturated rings. The molecule has 0 aliphatic carbocycles. The van der Waals surface area contributed by atoms with Gasteiger partial charge in [-0.2, -0.15) is 4.98 Å².